The maximum atomic E-state index is 12.5. The highest BCUT2D eigenvalue weighted by molar-refractivity contribution is 5.94. The van der Waals surface area contributed by atoms with Crippen LogP contribution < -0.4 is 27.4 Å². The van der Waals surface area contributed by atoms with Crippen LogP contribution in [0.2, 0.25) is 0 Å². The molecule has 0 aliphatic rings. The summed E-state index contributed by atoms with van der Waals surface area (Å²) in [6.45, 7) is 0.966. The third-order valence-electron chi connectivity index (χ3n) is 4.07. The first-order chi connectivity index (χ1) is 14.0. The van der Waals surface area contributed by atoms with Gasteiger partial charge in [0.1, 0.15) is 18.1 Å². The quantitative estimate of drug-likeness (QED) is 0.121. The Bertz CT molecular complexity index is 613. The van der Waals surface area contributed by atoms with Gasteiger partial charge in [0.25, 0.3) is 0 Å². The van der Waals surface area contributed by atoms with Crippen LogP contribution in [0, 0.1) is 0 Å². The third-order valence-corrected chi connectivity index (χ3v) is 4.07. The lowest BCUT2D eigenvalue weighted by atomic mass is 10.1. The Morgan fingerprint density at radius 2 is 1.37 bits per heavy atom. The van der Waals surface area contributed by atoms with Gasteiger partial charge in [-0.1, -0.05) is 0 Å². The van der Waals surface area contributed by atoms with Crippen LogP contribution in [0.25, 0.3) is 0 Å². The van der Waals surface area contributed by atoms with E-state index in [4.69, 9.17) is 16.6 Å². The second-order valence-electron chi connectivity index (χ2n) is 6.71. The smallest absolute Gasteiger partial charge is 0.326 e. The molecule has 0 fully saturated rings. The normalized spacial score (nSPS) is 14.7. The zero-order valence-corrected chi connectivity index (χ0v) is 16.8. The van der Waals surface area contributed by atoms with Crippen molar-refractivity contribution in [1.82, 2.24) is 16.0 Å². The largest absolute Gasteiger partial charge is 0.481 e. The predicted octanol–water partition coefficient (Wildman–Crippen LogP) is -3.14. The second-order valence-corrected chi connectivity index (χ2v) is 6.71. The summed E-state index contributed by atoms with van der Waals surface area (Å²) in [6, 6.07) is -4.94. The first-order valence-corrected chi connectivity index (χ1v) is 9.45. The number of rotatable bonds is 15. The van der Waals surface area contributed by atoms with Crippen molar-refractivity contribution in [3.05, 3.63) is 0 Å². The number of aliphatic carboxylic acids is 2. The number of nitrogens with two attached hydrogens (primary N) is 2. The maximum Gasteiger partial charge on any atom is 0.326 e. The van der Waals surface area contributed by atoms with Crippen LogP contribution in [0.3, 0.4) is 0 Å². The number of nitrogens with one attached hydrogen (secondary N) is 3. The number of hydrogen-bond donors (Lipinski definition) is 8. The molecular formula is C17H31N5O8. The molecule has 10 N–H and O–H groups in total. The van der Waals surface area contributed by atoms with Crippen molar-refractivity contribution >= 4 is 29.7 Å². The molecule has 0 saturated carbocycles. The van der Waals surface area contributed by atoms with Crippen LogP contribution in [-0.4, -0.2) is 82.3 Å². The highest BCUT2D eigenvalue weighted by Gasteiger charge is 2.29. The zero-order chi connectivity index (χ0) is 23.3. The van der Waals surface area contributed by atoms with E-state index < -0.39 is 66.9 Å². The van der Waals surface area contributed by atoms with Gasteiger partial charge in [-0.05, 0) is 39.2 Å². The minimum absolute atomic E-state index is 0.111. The molecular weight excluding hydrogens is 402 g/mol. The molecule has 0 spiro atoms. The number of carboxylic acids is 2. The summed E-state index contributed by atoms with van der Waals surface area (Å²) in [4.78, 5) is 58.5. The first-order valence-electron chi connectivity index (χ1n) is 9.45. The van der Waals surface area contributed by atoms with Gasteiger partial charge >= 0.3 is 11.9 Å². The minimum Gasteiger partial charge on any atom is -0.481 e. The van der Waals surface area contributed by atoms with E-state index in [0.29, 0.717) is 19.4 Å². The van der Waals surface area contributed by atoms with Crippen LogP contribution in [0.1, 0.15) is 39.0 Å². The van der Waals surface area contributed by atoms with Crippen molar-refractivity contribution in [1.29, 1.82) is 0 Å². The van der Waals surface area contributed by atoms with E-state index in [9.17, 15) is 34.2 Å². The number of aliphatic hydroxyl groups is 1. The molecule has 30 heavy (non-hydrogen) atoms. The molecule has 0 aliphatic heterocycles. The summed E-state index contributed by atoms with van der Waals surface area (Å²) in [5, 5.41) is 34.1. The fraction of sp³-hybridized carbons (Fsp3) is 0.706. The summed E-state index contributed by atoms with van der Waals surface area (Å²) in [7, 11) is 0. The molecule has 0 heterocycles. The topological polar surface area (TPSA) is 234 Å². The second kappa shape index (κ2) is 14.3. The van der Waals surface area contributed by atoms with E-state index in [2.05, 4.69) is 16.0 Å². The van der Waals surface area contributed by atoms with Gasteiger partial charge in [0, 0.05) is 6.42 Å². The molecule has 0 rings (SSSR count). The molecule has 172 valence electrons. The molecule has 13 heteroatoms. The number of hydrogen-bond acceptors (Lipinski definition) is 8. The summed E-state index contributed by atoms with van der Waals surface area (Å²) in [5.41, 5.74) is 10.8. The average molecular weight is 433 g/mol. The highest BCUT2D eigenvalue weighted by atomic mass is 16.4. The van der Waals surface area contributed by atoms with Gasteiger partial charge in [-0.25, -0.2) is 4.79 Å². The molecule has 3 amide bonds. The lowest BCUT2D eigenvalue weighted by molar-refractivity contribution is -0.143. The van der Waals surface area contributed by atoms with Gasteiger partial charge in [0.2, 0.25) is 17.7 Å². The summed E-state index contributed by atoms with van der Waals surface area (Å²) >= 11 is 0. The first kappa shape index (κ1) is 27.2. The van der Waals surface area contributed by atoms with Gasteiger partial charge in [-0.3, -0.25) is 19.2 Å². The molecule has 0 saturated heterocycles. The number of carbonyl (C=O) groups is 5. The Labute approximate surface area is 173 Å². The highest BCUT2D eigenvalue weighted by Crippen LogP contribution is 2.05. The molecule has 0 aromatic rings. The lowest BCUT2D eigenvalue weighted by Gasteiger charge is -2.24. The Balaban J connectivity index is 5.23. The van der Waals surface area contributed by atoms with Crippen LogP contribution in [0.15, 0.2) is 0 Å². The van der Waals surface area contributed by atoms with E-state index >= 15 is 0 Å². The molecule has 0 aromatic carbocycles. The van der Waals surface area contributed by atoms with Crippen molar-refractivity contribution in [2.75, 3.05) is 13.2 Å². The number of carbonyl (C=O) groups excluding carboxylic acids is 3. The van der Waals surface area contributed by atoms with Gasteiger partial charge in [0.05, 0.1) is 12.6 Å². The molecule has 13 nitrogen and oxygen atoms in total. The zero-order valence-electron chi connectivity index (χ0n) is 16.8. The Hall–Kier alpha value is -2.77. The summed E-state index contributed by atoms with van der Waals surface area (Å²) in [6.07, 6.45) is 0.254. The molecule has 4 unspecified atom stereocenters. The van der Waals surface area contributed by atoms with Crippen LogP contribution >= 0.6 is 0 Å². The third kappa shape index (κ3) is 10.7. The van der Waals surface area contributed by atoms with Gasteiger partial charge < -0.3 is 42.7 Å². The minimum atomic E-state index is -1.46. The number of amides is 3. The van der Waals surface area contributed by atoms with E-state index in [1.807, 2.05) is 0 Å². The van der Waals surface area contributed by atoms with Crippen molar-refractivity contribution in [3.63, 3.8) is 0 Å². The molecule has 4 atom stereocenters. The summed E-state index contributed by atoms with van der Waals surface area (Å²) in [5.74, 6) is -5.04. The van der Waals surface area contributed by atoms with E-state index in [1.165, 1.54) is 6.92 Å². The number of carboxylic acid groups (broad SMARTS) is 2. The van der Waals surface area contributed by atoms with Crippen molar-refractivity contribution < 1.29 is 39.3 Å². The average Bonchev–Trinajstić information content (AvgIpc) is 2.67. The molecule has 0 bridgehead atoms. The van der Waals surface area contributed by atoms with Gasteiger partial charge in [-0.15, -0.1) is 0 Å². The monoisotopic (exact) mass is 433 g/mol. The lowest BCUT2D eigenvalue weighted by Crippen LogP contribution is -2.57. The van der Waals surface area contributed by atoms with Crippen molar-refractivity contribution in [2.24, 2.45) is 11.5 Å². The maximum absolute atomic E-state index is 12.5. The fourth-order valence-corrected chi connectivity index (χ4v) is 2.33. The molecule has 0 aromatic heterocycles. The number of unbranched alkanes of at least 4 members (excludes halogenated alkanes) is 1. The Morgan fingerprint density at radius 1 is 0.833 bits per heavy atom. The van der Waals surface area contributed by atoms with Crippen LogP contribution in [-0.2, 0) is 24.0 Å². The van der Waals surface area contributed by atoms with Gasteiger partial charge in [-0.2, -0.15) is 0 Å². The van der Waals surface area contributed by atoms with Crippen LogP contribution in [0.4, 0.5) is 0 Å². The Morgan fingerprint density at radius 3 is 1.83 bits per heavy atom. The van der Waals surface area contributed by atoms with Crippen molar-refractivity contribution in [3.8, 4) is 0 Å². The van der Waals surface area contributed by atoms with E-state index in [-0.39, 0.29) is 12.8 Å². The number of aliphatic hydroxyl groups excluding tert-OH is 1. The van der Waals surface area contributed by atoms with E-state index in [0.717, 1.165) is 0 Å². The van der Waals surface area contributed by atoms with E-state index in [1.54, 1.807) is 0 Å². The summed E-state index contributed by atoms with van der Waals surface area (Å²) < 4.78 is 0. The molecule has 0 radical (unpaired) electrons. The fourth-order valence-electron chi connectivity index (χ4n) is 2.33. The SMILES string of the molecule is CC(N)C(=O)NC(CO)C(=O)NC(CCCCN)C(=O)NC(CCC(=O)O)C(=O)O. The van der Waals surface area contributed by atoms with Gasteiger partial charge in [0.15, 0.2) is 0 Å². The van der Waals surface area contributed by atoms with Crippen molar-refractivity contribution in [2.45, 2.75) is 63.2 Å². The standard InChI is InChI=1S/C17H31N5O8/c1-9(19)14(26)22-12(8-23)16(28)20-10(4-2-3-7-18)15(27)21-11(17(29)30)5-6-13(24)25/h9-12,23H,2-8,18-19H2,1H3,(H,20,28)(H,21,27)(H,22,26)(H,24,25)(H,29,30). The predicted molar refractivity (Wildman–Crippen MR) is 104 cm³/mol. The van der Waals surface area contributed by atoms with Crippen LogP contribution in [0.5, 0.6) is 0 Å². The Kier molecular flexibility index (Phi) is 12.9. The molecule has 0 aliphatic carbocycles.